The van der Waals surface area contributed by atoms with Crippen LogP contribution in [0.15, 0.2) is 30.3 Å². The average Bonchev–Trinajstić information content (AvgIpc) is 3.02. The molecule has 0 radical (unpaired) electrons. The molecule has 1 aromatic rings. The summed E-state index contributed by atoms with van der Waals surface area (Å²) in [5, 5.41) is 0. The molecule has 25 heavy (non-hydrogen) atoms. The van der Waals surface area contributed by atoms with E-state index in [1.54, 1.807) is 0 Å². The first-order chi connectivity index (χ1) is 11.9. The lowest BCUT2D eigenvalue weighted by molar-refractivity contribution is -0.144. The van der Waals surface area contributed by atoms with Gasteiger partial charge in [-0.2, -0.15) is 0 Å². The van der Waals surface area contributed by atoms with Crippen LogP contribution in [0, 0.1) is 11.3 Å². The summed E-state index contributed by atoms with van der Waals surface area (Å²) in [6, 6.07) is 9.57. The van der Waals surface area contributed by atoms with Crippen LogP contribution in [0.25, 0.3) is 0 Å². The smallest absolute Gasteiger partial charge is 0.253 e. The van der Waals surface area contributed by atoms with E-state index in [2.05, 4.69) is 6.92 Å². The molecule has 0 saturated carbocycles. The highest BCUT2D eigenvalue weighted by Crippen LogP contribution is 2.35. The molecule has 0 spiro atoms. The predicted octanol–water partition coefficient (Wildman–Crippen LogP) is 2.12. The Bertz CT molecular complexity index is 633. The zero-order chi connectivity index (χ0) is 18.0. The normalized spacial score (nSPS) is 29.7. The van der Waals surface area contributed by atoms with Gasteiger partial charge in [-0.1, -0.05) is 18.2 Å². The van der Waals surface area contributed by atoms with E-state index >= 15 is 0 Å². The number of likely N-dealkylation sites (tertiary alicyclic amines) is 2. The molecule has 2 heterocycles. The molecule has 3 atom stereocenters. The second kappa shape index (κ2) is 7.16. The van der Waals surface area contributed by atoms with Crippen molar-refractivity contribution in [1.82, 2.24) is 9.80 Å². The Morgan fingerprint density at radius 3 is 2.64 bits per heavy atom. The van der Waals surface area contributed by atoms with Gasteiger partial charge in [0.05, 0.1) is 5.41 Å². The van der Waals surface area contributed by atoms with E-state index in [1.807, 2.05) is 47.1 Å². The van der Waals surface area contributed by atoms with Crippen molar-refractivity contribution < 1.29 is 9.59 Å². The Morgan fingerprint density at radius 2 is 2.00 bits per heavy atom. The van der Waals surface area contributed by atoms with Crippen LogP contribution in [0.2, 0.25) is 0 Å². The molecule has 136 valence electrons. The van der Waals surface area contributed by atoms with Crippen molar-refractivity contribution in [3.63, 3.8) is 0 Å². The zero-order valence-electron chi connectivity index (χ0n) is 15.3. The minimum absolute atomic E-state index is 0.0219. The lowest BCUT2D eigenvalue weighted by Crippen LogP contribution is -2.53. The van der Waals surface area contributed by atoms with E-state index < -0.39 is 5.41 Å². The molecule has 1 aromatic carbocycles. The number of nitrogens with two attached hydrogens (primary N) is 1. The van der Waals surface area contributed by atoms with Gasteiger partial charge in [-0.25, -0.2) is 0 Å². The first-order valence-corrected chi connectivity index (χ1v) is 9.30. The van der Waals surface area contributed by atoms with Crippen LogP contribution >= 0.6 is 0 Å². The third-order valence-corrected chi connectivity index (χ3v) is 5.78. The third-order valence-electron chi connectivity index (χ3n) is 5.78. The molecule has 2 fully saturated rings. The van der Waals surface area contributed by atoms with Gasteiger partial charge < -0.3 is 15.5 Å². The van der Waals surface area contributed by atoms with Gasteiger partial charge in [0.2, 0.25) is 5.91 Å². The fraction of sp³-hybridized carbons (Fsp3) is 0.600. The summed E-state index contributed by atoms with van der Waals surface area (Å²) in [7, 11) is 0. The van der Waals surface area contributed by atoms with Crippen molar-refractivity contribution in [2.75, 3.05) is 26.2 Å². The fourth-order valence-electron chi connectivity index (χ4n) is 4.29. The van der Waals surface area contributed by atoms with Crippen molar-refractivity contribution in [1.29, 1.82) is 0 Å². The molecule has 2 aliphatic heterocycles. The van der Waals surface area contributed by atoms with Gasteiger partial charge in [-0.3, -0.25) is 9.59 Å². The monoisotopic (exact) mass is 343 g/mol. The number of rotatable bonds is 3. The van der Waals surface area contributed by atoms with Crippen LogP contribution in [0.1, 0.15) is 43.5 Å². The summed E-state index contributed by atoms with van der Waals surface area (Å²) in [4.78, 5) is 29.9. The largest absolute Gasteiger partial charge is 0.339 e. The lowest BCUT2D eigenvalue weighted by atomic mass is 9.80. The van der Waals surface area contributed by atoms with E-state index in [0.717, 1.165) is 32.4 Å². The van der Waals surface area contributed by atoms with E-state index in [-0.39, 0.29) is 17.9 Å². The van der Waals surface area contributed by atoms with Crippen LogP contribution in [0.3, 0.4) is 0 Å². The first kappa shape index (κ1) is 17.9. The second-order valence-corrected chi connectivity index (χ2v) is 7.90. The van der Waals surface area contributed by atoms with Crippen molar-refractivity contribution in [3.8, 4) is 0 Å². The van der Waals surface area contributed by atoms with Gasteiger partial charge in [-0.05, 0) is 57.7 Å². The molecule has 0 bridgehead atoms. The summed E-state index contributed by atoms with van der Waals surface area (Å²) < 4.78 is 0. The molecule has 0 aromatic heterocycles. The summed E-state index contributed by atoms with van der Waals surface area (Å²) in [6.45, 7) is 6.71. The molecule has 3 unspecified atom stereocenters. The van der Waals surface area contributed by atoms with Gasteiger partial charge >= 0.3 is 0 Å². The number of carbonyl (C=O) groups excluding carboxylic acids is 2. The van der Waals surface area contributed by atoms with Crippen LogP contribution in [-0.2, 0) is 4.79 Å². The highest BCUT2D eigenvalue weighted by molar-refractivity contribution is 5.95. The quantitative estimate of drug-likeness (QED) is 0.914. The molecule has 0 aliphatic carbocycles. The summed E-state index contributed by atoms with van der Waals surface area (Å²) in [5.74, 6) is 0.600. The Labute approximate surface area is 150 Å². The van der Waals surface area contributed by atoms with Gasteiger partial charge in [0, 0.05) is 31.2 Å². The minimum atomic E-state index is -0.500. The topological polar surface area (TPSA) is 66.6 Å². The standard InChI is InChI=1S/C20H29N3O2/c1-15-11-16(12-21)13-23(15)19(25)20(2)9-6-10-22(14-20)18(24)17-7-4-3-5-8-17/h3-5,7-8,15-16H,6,9-14,21H2,1-2H3. The summed E-state index contributed by atoms with van der Waals surface area (Å²) in [6.07, 6.45) is 2.68. The summed E-state index contributed by atoms with van der Waals surface area (Å²) in [5.41, 5.74) is 6.00. The van der Waals surface area contributed by atoms with E-state index in [1.165, 1.54) is 0 Å². The lowest BCUT2D eigenvalue weighted by Gasteiger charge is -2.42. The molecule has 2 aliphatic rings. The van der Waals surface area contributed by atoms with Crippen LogP contribution in [-0.4, -0.2) is 53.8 Å². The van der Waals surface area contributed by atoms with E-state index in [0.29, 0.717) is 24.6 Å². The van der Waals surface area contributed by atoms with Crippen molar-refractivity contribution >= 4 is 11.8 Å². The van der Waals surface area contributed by atoms with Crippen LogP contribution in [0.5, 0.6) is 0 Å². The number of nitrogens with zero attached hydrogens (tertiary/aromatic N) is 2. The number of piperidine rings is 1. The van der Waals surface area contributed by atoms with Crippen LogP contribution in [0.4, 0.5) is 0 Å². The van der Waals surface area contributed by atoms with Gasteiger partial charge in [0.1, 0.15) is 0 Å². The minimum Gasteiger partial charge on any atom is -0.339 e. The highest BCUT2D eigenvalue weighted by atomic mass is 16.2. The second-order valence-electron chi connectivity index (χ2n) is 7.90. The molecule has 5 nitrogen and oxygen atoms in total. The first-order valence-electron chi connectivity index (χ1n) is 9.30. The Kier molecular flexibility index (Phi) is 5.13. The van der Waals surface area contributed by atoms with Crippen molar-refractivity contribution in [2.24, 2.45) is 17.1 Å². The molecule has 2 amide bonds. The van der Waals surface area contributed by atoms with Crippen molar-refractivity contribution in [2.45, 2.75) is 39.2 Å². The maximum absolute atomic E-state index is 13.2. The number of amides is 2. The molecular formula is C20H29N3O2. The average molecular weight is 343 g/mol. The van der Waals surface area contributed by atoms with Gasteiger partial charge in [0.15, 0.2) is 0 Å². The Morgan fingerprint density at radius 1 is 1.28 bits per heavy atom. The molecule has 2 N–H and O–H groups in total. The van der Waals surface area contributed by atoms with Crippen LogP contribution < -0.4 is 5.73 Å². The van der Waals surface area contributed by atoms with Gasteiger partial charge in [0.25, 0.3) is 5.91 Å². The SMILES string of the molecule is CC1CC(CN)CN1C(=O)C1(C)CCCN(C(=O)c2ccccc2)C1. The zero-order valence-corrected chi connectivity index (χ0v) is 15.3. The number of hydrogen-bond donors (Lipinski definition) is 1. The molecule has 5 heteroatoms. The Balaban J connectivity index is 1.73. The molecular weight excluding hydrogens is 314 g/mol. The van der Waals surface area contributed by atoms with Gasteiger partial charge in [-0.15, -0.1) is 0 Å². The number of carbonyl (C=O) groups is 2. The predicted molar refractivity (Wildman–Crippen MR) is 98.0 cm³/mol. The maximum atomic E-state index is 13.2. The molecule has 2 saturated heterocycles. The highest BCUT2D eigenvalue weighted by Gasteiger charge is 2.44. The fourth-order valence-corrected chi connectivity index (χ4v) is 4.29. The third kappa shape index (κ3) is 3.56. The number of benzene rings is 1. The number of hydrogen-bond acceptors (Lipinski definition) is 3. The van der Waals surface area contributed by atoms with E-state index in [4.69, 9.17) is 5.73 Å². The Hall–Kier alpha value is -1.88. The van der Waals surface area contributed by atoms with Crippen molar-refractivity contribution in [3.05, 3.63) is 35.9 Å². The molecule has 3 rings (SSSR count). The van der Waals surface area contributed by atoms with E-state index in [9.17, 15) is 9.59 Å². The summed E-state index contributed by atoms with van der Waals surface area (Å²) >= 11 is 0. The maximum Gasteiger partial charge on any atom is 0.253 e.